The van der Waals surface area contributed by atoms with E-state index in [0.29, 0.717) is 0 Å². The lowest BCUT2D eigenvalue weighted by molar-refractivity contribution is -0.138. The van der Waals surface area contributed by atoms with Crippen LogP contribution in [0.3, 0.4) is 0 Å². The Balaban J connectivity index is 2.04. The first-order valence-corrected chi connectivity index (χ1v) is 9.64. The zero-order valence-electron chi connectivity index (χ0n) is 14.6. The van der Waals surface area contributed by atoms with E-state index < -0.39 is 51.4 Å². The first-order chi connectivity index (χ1) is 13.4. The molecule has 14 heteroatoms. The Morgan fingerprint density at radius 3 is 2.45 bits per heavy atom. The van der Waals surface area contributed by atoms with E-state index in [1.165, 1.54) is 13.2 Å². The number of nitrogens with one attached hydrogen (secondary N) is 1. The van der Waals surface area contributed by atoms with E-state index in [0.717, 1.165) is 0 Å². The molecule has 0 aliphatic heterocycles. The molecule has 0 atom stereocenters. The van der Waals surface area contributed by atoms with Crippen molar-refractivity contribution >= 4 is 27.5 Å². The second-order valence-electron chi connectivity index (χ2n) is 5.40. The van der Waals surface area contributed by atoms with E-state index in [9.17, 15) is 30.4 Å². The Morgan fingerprint density at radius 2 is 1.83 bits per heavy atom. The van der Waals surface area contributed by atoms with Crippen LogP contribution in [0.5, 0.6) is 5.75 Å². The van der Waals surface area contributed by atoms with Crippen molar-refractivity contribution < 1.29 is 39.3 Å². The molecule has 0 fully saturated rings. The molecule has 0 saturated heterocycles. The highest BCUT2D eigenvalue weighted by atomic mass is 35.5. The third-order valence-electron chi connectivity index (χ3n) is 3.35. The maximum atomic E-state index is 13.3. The van der Waals surface area contributed by atoms with Crippen LogP contribution in [0.25, 0.3) is 0 Å². The van der Waals surface area contributed by atoms with E-state index in [2.05, 4.69) is 19.5 Å². The molecule has 0 amide bonds. The van der Waals surface area contributed by atoms with Gasteiger partial charge in [0.1, 0.15) is 19.0 Å². The van der Waals surface area contributed by atoms with Crippen LogP contribution < -0.4 is 10.1 Å². The van der Waals surface area contributed by atoms with Gasteiger partial charge >= 0.3 is 6.18 Å². The van der Waals surface area contributed by atoms with Gasteiger partial charge in [0.05, 0.1) is 11.8 Å². The van der Waals surface area contributed by atoms with Crippen molar-refractivity contribution in [1.82, 2.24) is 9.97 Å². The fourth-order valence-corrected chi connectivity index (χ4v) is 3.31. The molecule has 0 aliphatic rings. The van der Waals surface area contributed by atoms with E-state index >= 15 is 0 Å². The minimum absolute atomic E-state index is 0.0625. The first-order valence-electron chi connectivity index (χ1n) is 7.68. The molecular formula is C15H13ClF5N3O4S. The zero-order chi connectivity index (χ0) is 21.8. The summed E-state index contributed by atoms with van der Waals surface area (Å²) >= 11 is 5.61. The fourth-order valence-electron chi connectivity index (χ4n) is 2.15. The number of aromatic nitrogens is 2. The molecule has 0 radical (unpaired) electrons. The van der Waals surface area contributed by atoms with Crippen LogP contribution in [0, 0.1) is 11.6 Å². The van der Waals surface area contributed by atoms with Gasteiger partial charge in [-0.25, -0.2) is 13.8 Å². The summed E-state index contributed by atoms with van der Waals surface area (Å²) in [5.41, 5.74) is -2.60. The maximum Gasteiger partial charge on any atom is 0.416 e. The monoisotopic (exact) mass is 461 g/mol. The zero-order valence-corrected chi connectivity index (χ0v) is 16.1. The number of anilines is 1. The lowest BCUT2D eigenvalue weighted by Crippen LogP contribution is -2.18. The standard InChI is InChI=1S/C15H13ClF5N3O4S/c1-22-13-12(6-23-14(16)24-13)27-2-3-28-29(25,26)7-8-4-10(17)11(18)5-9(8)15(19,20)21/h4-6H,2-3,7H2,1H3,(H,22,23,24). The van der Waals surface area contributed by atoms with Gasteiger partial charge in [0.15, 0.2) is 23.2 Å². The molecule has 1 N–H and O–H groups in total. The SMILES string of the molecule is CNc1nc(Cl)ncc1OCCOS(=O)(=O)Cc1cc(F)c(F)cc1C(F)(F)F. The summed E-state index contributed by atoms with van der Waals surface area (Å²) in [6.07, 6.45) is -3.87. The predicted molar refractivity (Wildman–Crippen MR) is 92.0 cm³/mol. The van der Waals surface area contributed by atoms with Crippen molar-refractivity contribution in [3.8, 4) is 5.75 Å². The van der Waals surface area contributed by atoms with E-state index in [1.54, 1.807) is 0 Å². The second-order valence-corrected chi connectivity index (χ2v) is 7.37. The summed E-state index contributed by atoms with van der Waals surface area (Å²) in [4.78, 5) is 7.49. The lowest BCUT2D eigenvalue weighted by Gasteiger charge is -2.14. The van der Waals surface area contributed by atoms with Crippen molar-refractivity contribution in [1.29, 1.82) is 0 Å². The Bertz CT molecular complexity index is 989. The van der Waals surface area contributed by atoms with Gasteiger partial charge in [-0.05, 0) is 29.3 Å². The van der Waals surface area contributed by atoms with Gasteiger partial charge in [-0.3, -0.25) is 4.18 Å². The minimum Gasteiger partial charge on any atom is -0.486 e. The summed E-state index contributed by atoms with van der Waals surface area (Å²) < 4.78 is 98.9. The highest BCUT2D eigenvalue weighted by Gasteiger charge is 2.36. The molecule has 1 aromatic heterocycles. The number of ether oxygens (including phenoxy) is 1. The Kier molecular flexibility index (Phi) is 7.19. The van der Waals surface area contributed by atoms with Gasteiger partial charge in [0.25, 0.3) is 10.1 Å². The van der Waals surface area contributed by atoms with Gasteiger partial charge in [-0.15, -0.1) is 0 Å². The van der Waals surface area contributed by atoms with E-state index in [4.69, 9.17) is 16.3 Å². The summed E-state index contributed by atoms with van der Waals surface area (Å²) in [6.45, 7) is -0.901. The molecule has 7 nitrogen and oxygen atoms in total. The second kappa shape index (κ2) is 9.05. The molecule has 2 aromatic rings. The quantitative estimate of drug-likeness (QED) is 0.279. The topological polar surface area (TPSA) is 90.4 Å². The van der Waals surface area contributed by atoms with Crippen LogP contribution in [-0.2, 0) is 26.2 Å². The summed E-state index contributed by atoms with van der Waals surface area (Å²) in [7, 11) is -3.04. The lowest BCUT2D eigenvalue weighted by atomic mass is 10.1. The molecule has 0 unspecified atom stereocenters. The largest absolute Gasteiger partial charge is 0.486 e. The van der Waals surface area contributed by atoms with Crippen LogP contribution in [-0.4, -0.2) is 38.6 Å². The molecule has 160 valence electrons. The maximum absolute atomic E-state index is 13.3. The van der Waals surface area contributed by atoms with Gasteiger partial charge in [0.2, 0.25) is 5.28 Å². The molecule has 0 bridgehead atoms. The van der Waals surface area contributed by atoms with E-state index in [-0.39, 0.29) is 35.6 Å². The van der Waals surface area contributed by atoms with Crippen LogP contribution in [0.1, 0.15) is 11.1 Å². The van der Waals surface area contributed by atoms with Gasteiger partial charge in [0, 0.05) is 7.05 Å². The molecule has 29 heavy (non-hydrogen) atoms. The molecule has 0 aliphatic carbocycles. The van der Waals surface area contributed by atoms with Crippen LogP contribution in [0.2, 0.25) is 5.28 Å². The summed E-state index contributed by atoms with van der Waals surface area (Å²) in [6, 6.07) is 0.0585. The Labute approximate surface area is 166 Å². The minimum atomic E-state index is -5.08. The Hall–Kier alpha value is -2.25. The number of alkyl halides is 3. The summed E-state index contributed by atoms with van der Waals surface area (Å²) in [5, 5.41) is 2.60. The molecule has 0 spiro atoms. The van der Waals surface area contributed by atoms with Gasteiger partial charge in [-0.2, -0.15) is 26.6 Å². The van der Waals surface area contributed by atoms with Crippen LogP contribution in [0.15, 0.2) is 18.3 Å². The number of hydrogen-bond acceptors (Lipinski definition) is 7. The van der Waals surface area contributed by atoms with Crippen molar-refractivity contribution in [3.05, 3.63) is 46.4 Å². The molecular weight excluding hydrogens is 449 g/mol. The number of nitrogens with zero attached hydrogens (tertiary/aromatic N) is 2. The highest BCUT2D eigenvalue weighted by molar-refractivity contribution is 7.85. The first kappa shape index (κ1) is 23.0. The summed E-state index contributed by atoms with van der Waals surface area (Å²) in [5.74, 6) is -4.35. The number of benzene rings is 1. The average molecular weight is 462 g/mol. The number of rotatable bonds is 8. The smallest absolute Gasteiger partial charge is 0.416 e. The van der Waals surface area contributed by atoms with E-state index in [1.807, 2.05) is 0 Å². The molecule has 1 heterocycles. The number of halogens is 6. The van der Waals surface area contributed by atoms with Gasteiger partial charge in [-0.1, -0.05) is 0 Å². The van der Waals surface area contributed by atoms with Crippen molar-refractivity contribution in [2.75, 3.05) is 25.6 Å². The third-order valence-corrected chi connectivity index (χ3v) is 4.72. The molecule has 0 saturated carbocycles. The van der Waals surface area contributed by atoms with Crippen LogP contribution in [0.4, 0.5) is 27.8 Å². The van der Waals surface area contributed by atoms with Crippen molar-refractivity contribution in [3.63, 3.8) is 0 Å². The number of hydrogen-bond donors (Lipinski definition) is 1. The fraction of sp³-hybridized carbons (Fsp3) is 0.333. The van der Waals surface area contributed by atoms with Crippen molar-refractivity contribution in [2.45, 2.75) is 11.9 Å². The average Bonchev–Trinajstić information content (AvgIpc) is 2.61. The normalized spacial score (nSPS) is 12.1. The van der Waals surface area contributed by atoms with Crippen LogP contribution >= 0.6 is 11.6 Å². The highest BCUT2D eigenvalue weighted by Crippen LogP contribution is 2.34. The molecule has 2 rings (SSSR count). The van der Waals surface area contributed by atoms with Gasteiger partial charge < -0.3 is 10.1 Å². The predicted octanol–water partition coefficient (Wildman–Crippen LogP) is 3.39. The molecule has 1 aromatic carbocycles. The Morgan fingerprint density at radius 1 is 1.17 bits per heavy atom. The van der Waals surface area contributed by atoms with Crippen molar-refractivity contribution in [2.24, 2.45) is 0 Å². The third kappa shape index (κ3) is 6.37.